The molecule has 0 aliphatic heterocycles. The smallest absolute Gasteiger partial charge is 0.133 e. The minimum atomic E-state index is 0.0584. The van der Waals surface area contributed by atoms with Crippen molar-refractivity contribution in [3.8, 4) is 0 Å². The van der Waals surface area contributed by atoms with Crippen LogP contribution in [0.4, 0.5) is 5.69 Å². The Kier molecular flexibility index (Phi) is 6.16. The van der Waals surface area contributed by atoms with Gasteiger partial charge < -0.3 is 5.32 Å². The van der Waals surface area contributed by atoms with Gasteiger partial charge >= 0.3 is 0 Å². The van der Waals surface area contributed by atoms with Gasteiger partial charge in [0, 0.05) is 21.5 Å². The Morgan fingerprint density at radius 3 is 2.68 bits per heavy atom. The summed E-state index contributed by atoms with van der Waals surface area (Å²) in [7, 11) is 2.08. The molecule has 2 N–H and O–H groups in total. The summed E-state index contributed by atoms with van der Waals surface area (Å²) < 4.78 is 1.36. The summed E-state index contributed by atoms with van der Waals surface area (Å²) in [5.74, 6) is 0. The number of allylic oxidation sites excluding steroid dienone is 1. The number of thioether (sulfide) groups is 1. The number of thiophene rings is 1. The van der Waals surface area contributed by atoms with Crippen LogP contribution in [0.25, 0.3) is 6.08 Å². The van der Waals surface area contributed by atoms with Gasteiger partial charge in [-0.15, -0.1) is 23.1 Å². The quantitative estimate of drug-likeness (QED) is 0.549. The van der Waals surface area contributed by atoms with Gasteiger partial charge in [-0.2, -0.15) is 0 Å². The summed E-state index contributed by atoms with van der Waals surface area (Å²) in [6.07, 6.45) is 7.60. The standard InChI is InChI=1S/C18H22ClNS2/c1-18(2,15-12-13(19)7-9-16(15)20-3)11-5-6-14-8-10-17(21-4)22-14/h5-10,12,20H,11H2,1-4H3/p+1/b6-5+. The minimum Gasteiger partial charge on any atom is -0.316 e. The maximum Gasteiger partial charge on any atom is 0.133 e. The number of quaternary nitrogens is 1. The van der Waals surface area contributed by atoms with E-state index in [0.717, 1.165) is 11.4 Å². The molecule has 0 saturated heterocycles. The van der Waals surface area contributed by atoms with Crippen LogP contribution >= 0.6 is 34.7 Å². The molecular weight excluding hydrogens is 330 g/mol. The summed E-state index contributed by atoms with van der Waals surface area (Å²) in [6.45, 7) is 4.55. The molecule has 118 valence electrons. The van der Waals surface area contributed by atoms with Crippen molar-refractivity contribution in [1.82, 2.24) is 0 Å². The third-order valence-corrected chi connectivity index (χ3v) is 6.14. The molecule has 0 radical (unpaired) electrons. The highest BCUT2D eigenvalue weighted by Gasteiger charge is 2.24. The van der Waals surface area contributed by atoms with E-state index < -0.39 is 0 Å². The fraction of sp³-hybridized carbons (Fsp3) is 0.333. The van der Waals surface area contributed by atoms with Crippen molar-refractivity contribution in [3.05, 3.63) is 51.9 Å². The van der Waals surface area contributed by atoms with E-state index in [1.165, 1.54) is 20.3 Å². The number of nitrogens with two attached hydrogens (primary N) is 1. The second-order valence-corrected chi connectivity index (χ2v) is 8.53. The fourth-order valence-corrected chi connectivity index (χ4v) is 4.15. The van der Waals surface area contributed by atoms with E-state index in [9.17, 15) is 0 Å². The number of benzene rings is 1. The van der Waals surface area contributed by atoms with Crippen molar-refractivity contribution >= 4 is 46.5 Å². The van der Waals surface area contributed by atoms with Crippen LogP contribution in [-0.4, -0.2) is 13.3 Å². The first kappa shape index (κ1) is 17.6. The highest BCUT2D eigenvalue weighted by molar-refractivity contribution is 8.00. The van der Waals surface area contributed by atoms with Gasteiger partial charge in [-0.25, -0.2) is 0 Å². The average molecular weight is 353 g/mol. The van der Waals surface area contributed by atoms with Gasteiger partial charge in [-0.3, -0.25) is 0 Å². The molecule has 2 aromatic rings. The van der Waals surface area contributed by atoms with Crippen molar-refractivity contribution in [2.24, 2.45) is 0 Å². The SMILES string of the molecule is C[NH2+]c1ccc(Cl)cc1C(C)(C)C/C=C/c1ccc(SC)s1. The van der Waals surface area contributed by atoms with Crippen molar-refractivity contribution < 1.29 is 5.32 Å². The van der Waals surface area contributed by atoms with E-state index >= 15 is 0 Å². The summed E-state index contributed by atoms with van der Waals surface area (Å²) in [4.78, 5) is 1.31. The largest absolute Gasteiger partial charge is 0.316 e. The molecule has 0 amide bonds. The lowest BCUT2D eigenvalue weighted by molar-refractivity contribution is -0.540. The molecule has 0 spiro atoms. The predicted octanol–water partition coefficient (Wildman–Crippen LogP) is 5.33. The van der Waals surface area contributed by atoms with Crippen molar-refractivity contribution in [2.75, 3.05) is 13.3 Å². The van der Waals surface area contributed by atoms with E-state index in [-0.39, 0.29) is 5.41 Å². The molecule has 1 nitrogen and oxygen atoms in total. The zero-order valence-corrected chi connectivity index (χ0v) is 15.9. The van der Waals surface area contributed by atoms with Crippen LogP contribution in [0.5, 0.6) is 0 Å². The highest BCUT2D eigenvalue weighted by Crippen LogP contribution is 2.34. The van der Waals surface area contributed by atoms with Crippen LogP contribution in [0.3, 0.4) is 0 Å². The molecule has 0 aliphatic rings. The molecule has 0 bridgehead atoms. The van der Waals surface area contributed by atoms with Crippen molar-refractivity contribution in [1.29, 1.82) is 0 Å². The van der Waals surface area contributed by atoms with Gasteiger partial charge in [-0.1, -0.05) is 31.5 Å². The van der Waals surface area contributed by atoms with Gasteiger partial charge in [0.25, 0.3) is 0 Å². The van der Waals surface area contributed by atoms with Crippen molar-refractivity contribution in [3.63, 3.8) is 0 Å². The average Bonchev–Trinajstić information content (AvgIpc) is 2.95. The number of halogens is 1. The lowest BCUT2D eigenvalue weighted by Gasteiger charge is -2.25. The second kappa shape index (κ2) is 7.69. The number of rotatable bonds is 6. The summed E-state index contributed by atoms with van der Waals surface area (Å²) >= 11 is 9.83. The van der Waals surface area contributed by atoms with Crippen LogP contribution in [0.15, 0.2) is 40.6 Å². The van der Waals surface area contributed by atoms with Gasteiger partial charge in [0.2, 0.25) is 0 Å². The monoisotopic (exact) mass is 352 g/mol. The van der Waals surface area contributed by atoms with Gasteiger partial charge in [0.15, 0.2) is 0 Å². The summed E-state index contributed by atoms with van der Waals surface area (Å²) in [5.41, 5.74) is 2.63. The van der Waals surface area contributed by atoms with Crippen LogP contribution in [0, 0.1) is 0 Å². The van der Waals surface area contributed by atoms with Gasteiger partial charge in [0.1, 0.15) is 5.69 Å². The normalized spacial score (nSPS) is 12.2. The molecule has 0 saturated carbocycles. The highest BCUT2D eigenvalue weighted by atomic mass is 35.5. The molecule has 1 heterocycles. The van der Waals surface area contributed by atoms with Crippen LogP contribution in [0.2, 0.25) is 5.02 Å². The van der Waals surface area contributed by atoms with E-state index in [1.54, 1.807) is 11.8 Å². The van der Waals surface area contributed by atoms with Crippen LogP contribution in [0.1, 0.15) is 30.7 Å². The Morgan fingerprint density at radius 1 is 1.27 bits per heavy atom. The van der Waals surface area contributed by atoms with Crippen molar-refractivity contribution in [2.45, 2.75) is 29.9 Å². The van der Waals surface area contributed by atoms with Gasteiger partial charge in [0.05, 0.1) is 11.3 Å². The molecule has 0 atom stereocenters. The molecule has 0 aliphatic carbocycles. The first-order chi connectivity index (χ1) is 10.5. The summed E-state index contributed by atoms with van der Waals surface area (Å²) in [6, 6.07) is 10.5. The topological polar surface area (TPSA) is 16.6 Å². The lowest BCUT2D eigenvalue weighted by Crippen LogP contribution is -2.73. The lowest BCUT2D eigenvalue weighted by atomic mass is 9.80. The van der Waals surface area contributed by atoms with E-state index in [4.69, 9.17) is 11.6 Å². The zero-order chi connectivity index (χ0) is 16.2. The first-order valence-electron chi connectivity index (χ1n) is 7.36. The first-order valence-corrected chi connectivity index (χ1v) is 9.78. The van der Waals surface area contributed by atoms with Gasteiger partial charge in [-0.05, 0) is 48.4 Å². The Labute approximate surface area is 146 Å². The predicted molar refractivity (Wildman–Crippen MR) is 102 cm³/mol. The van der Waals surface area contributed by atoms with E-state index in [2.05, 4.69) is 68.9 Å². The maximum atomic E-state index is 6.20. The third-order valence-electron chi connectivity index (χ3n) is 3.77. The molecular formula is C18H23ClNS2+. The van der Waals surface area contributed by atoms with E-state index in [1.807, 2.05) is 17.4 Å². The second-order valence-electron chi connectivity index (χ2n) is 5.87. The zero-order valence-electron chi connectivity index (χ0n) is 13.5. The molecule has 0 fully saturated rings. The third kappa shape index (κ3) is 4.39. The Hall–Kier alpha value is -0.740. The Balaban J connectivity index is 2.15. The maximum absolute atomic E-state index is 6.20. The molecule has 1 aromatic heterocycles. The minimum absolute atomic E-state index is 0.0584. The fourth-order valence-electron chi connectivity index (χ4n) is 2.48. The molecule has 22 heavy (non-hydrogen) atoms. The molecule has 4 heteroatoms. The molecule has 2 rings (SSSR count). The number of hydrogen-bond acceptors (Lipinski definition) is 2. The van der Waals surface area contributed by atoms with E-state index in [0.29, 0.717) is 0 Å². The Morgan fingerprint density at radius 2 is 2.05 bits per heavy atom. The summed E-state index contributed by atoms with van der Waals surface area (Å²) in [5, 5.41) is 2.96. The number of hydrogen-bond donors (Lipinski definition) is 1. The Bertz CT molecular complexity index is 659. The molecule has 0 unspecified atom stereocenters. The molecule has 1 aromatic carbocycles. The van der Waals surface area contributed by atoms with Crippen LogP contribution < -0.4 is 5.32 Å². The van der Waals surface area contributed by atoms with Crippen LogP contribution in [-0.2, 0) is 5.41 Å².